The van der Waals surface area contributed by atoms with Crippen LogP contribution in [0.5, 0.6) is 5.75 Å². The molecule has 0 saturated heterocycles. The summed E-state index contributed by atoms with van der Waals surface area (Å²) in [5, 5.41) is 0. The summed E-state index contributed by atoms with van der Waals surface area (Å²) in [6, 6.07) is 8.31. The van der Waals surface area contributed by atoms with Crippen molar-refractivity contribution in [1.82, 2.24) is 0 Å². The molecular formula is C21H30O3. The Labute approximate surface area is 145 Å². The first-order valence-electron chi connectivity index (χ1n) is 9.16. The fraction of sp³-hybridized carbons (Fsp3) is 0.667. The van der Waals surface area contributed by atoms with Crippen LogP contribution in [0, 0.1) is 22.7 Å². The molecule has 2 bridgehead atoms. The first kappa shape index (κ1) is 17.3. The maximum atomic E-state index is 12.0. The summed E-state index contributed by atoms with van der Waals surface area (Å²) < 4.78 is 11.3. The molecule has 24 heavy (non-hydrogen) atoms. The molecule has 1 aromatic carbocycles. The summed E-state index contributed by atoms with van der Waals surface area (Å²) in [5.41, 5.74) is 1.59. The summed E-state index contributed by atoms with van der Waals surface area (Å²) in [6.45, 7) is 8.94. The summed E-state index contributed by atoms with van der Waals surface area (Å²) in [4.78, 5) is 12.0. The summed E-state index contributed by atoms with van der Waals surface area (Å²) >= 11 is 0. The van der Waals surface area contributed by atoms with Crippen molar-refractivity contribution in [3.8, 4) is 5.75 Å². The first-order valence-corrected chi connectivity index (χ1v) is 9.16. The zero-order valence-corrected chi connectivity index (χ0v) is 15.6. The highest BCUT2D eigenvalue weighted by Crippen LogP contribution is 2.69. The molecule has 0 aromatic heterocycles. The maximum absolute atomic E-state index is 12.0. The lowest BCUT2D eigenvalue weighted by Gasteiger charge is -2.39. The second kappa shape index (κ2) is 6.09. The number of carbonyl (C=O) groups excluding carboxylic acids is 1. The Morgan fingerprint density at radius 3 is 2.46 bits per heavy atom. The molecule has 0 amide bonds. The highest BCUT2D eigenvalue weighted by Gasteiger charge is 2.67. The van der Waals surface area contributed by atoms with Crippen LogP contribution in [-0.4, -0.2) is 19.2 Å². The molecular weight excluding hydrogens is 300 g/mol. The highest BCUT2D eigenvalue weighted by atomic mass is 16.5. The molecule has 0 radical (unpaired) electrons. The van der Waals surface area contributed by atoms with Gasteiger partial charge in [0.2, 0.25) is 0 Å². The van der Waals surface area contributed by atoms with E-state index in [1.54, 1.807) is 7.11 Å². The van der Waals surface area contributed by atoms with Crippen LogP contribution in [0.15, 0.2) is 24.3 Å². The number of benzene rings is 1. The molecule has 2 aliphatic rings. The number of hydrogen-bond donors (Lipinski definition) is 0. The molecule has 3 rings (SSSR count). The lowest BCUT2D eigenvalue weighted by molar-refractivity contribution is -0.160. The lowest BCUT2D eigenvalue weighted by atomic mass is 9.70. The van der Waals surface area contributed by atoms with Crippen LogP contribution < -0.4 is 4.74 Å². The standard InChI is InChI=1S/C21H30O3/c1-6-18(22)24-19-16(13-14-7-9-15(23-5)10-8-14)17-11-12-21(19,4)20(17,2)3/h7-10,16-17,19H,6,11-13H2,1-5H3/t16-,17+,19+,21-/m0/s1. The summed E-state index contributed by atoms with van der Waals surface area (Å²) in [6.07, 6.45) is 3.85. The molecule has 0 spiro atoms. The van der Waals surface area contributed by atoms with Crippen LogP contribution in [0.1, 0.15) is 52.5 Å². The smallest absolute Gasteiger partial charge is 0.305 e. The predicted molar refractivity (Wildman–Crippen MR) is 95.0 cm³/mol. The van der Waals surface area contributed by atoms with Gasteiger partial charge in [-0.05, 0) is 48.3 Å². The molecule has 0 N–H and O–H groups in total. The summed E-state index contributed by atoms with van der Waals surface area (Å²) in [7, 11) is 1.69. The van der Waals surface area contributed by atoms with Crippen LogP contribution in [0.3, 0.4) is 0 Å². The highest BCUT2D eigenvalue weighted by molar-refractivity contribution is 5.69. The maximum Gasteiger partial charge on any atom is 0.305 e. The Kier molecular flexibility index (Phi) is 4.39. The summed E-state index contributed by atoms with van der Waals surface area (Å²) in [5.74, 6) is 1.83. The van der Waals surface area contributed by atoms with Gasteiger partial charge >= 0.3 is 5.97 Å². The number of hydrogen-bond acceptors (Lipinski definition) is 3. The van der Waals surface area contributed by atoms with Crippen LogP contribution in [0.4, 0.5) is 0 Å². The number of ether oxygens (including phenoxy) is 2. The van der Waals surface area contributed by atoms with Gasteiger partial charge in [-0.1, -0.05) is 39.8 Å². The van der Waals surface area contributed by atoms with E-state index in [9.17, 15) is 4.79 Å². The zero-order valence-electron chi connectivity index (χ0n) is 15.6. The molecule has 3 nitrogen and oxygen atoms in total. The van der Waals surface area contributed by atoms with E-state index in [2.05, 4.69) is 32.9 Å². The van der Waals surface area contributed by atoms with Gasteiger partial charge in [-0.15, -0.1) is 0 Å². The number of fused-ring (bicyclic) bond motifs is 2. The van der Waals surface area contributed by atoms with Crippen LogP contribution in [0.25, 0.3) is 0 Å². The van der Waals surface area contributed by atoms with E-state index in [1.165, 1.54) is 12.0 Å². The van der Waals surface area contributed by atoms with Crippen LogP contribution in [0.2, 0.25) is 0 Å². The van der Waals surface area contributed by atoms with Gasteiger partial charge in [-0.2, -0.15) is 0 Å². The largest absolute Gasteiger partial charge is 0.497 e. The van der Waals surface area contributed by atoms with Gasteiger partial charge in [0.1, 0.15) is 11.9 Å². The Hall–Kier alpha value is -1.51. The van der Waals surface area contributed by atoms with E-state index < -0.39 is 0 Å². The van der Waals surface area contributed by atoms with Crippen molar-refractivity contribution in [1.29, 1.82) is 0 Å². The number of esters is 1. The van der Waals surface area contributed by atoms with Crippen molar-refractivity contribution in [2.45, 2.75) is 59.5 Å². The molecule has 0 unspecified atom stereocenters. The van der Waals surface area contributed by atoms with Crippen molar-refractivity contribution in [3.63, 3.8) is 0 Å². The van der Waals surface area contributed by atoms with E-state index in [4.69, 9.17) is 9.47 Å². The third-order valence-corrected chi connectivity index (χ3v) is 7.08. The predicted octanol–water partition coefficient (Wildman–Crippen LogP) is 4.63. The lowest BCUT2D eigenvalue weighted by Crippen LogP contribution is -2.41. The van der Waals surface area contributed by atoms with Gasteiger partial charge in [0.15, 0.2) is 0 Å². The van der Waals surface area contributed by atoms with Gasteiger partial charge in [-0.25, -0.2) is 0 Å². The van der Waals surface area contributed by atoms with E-state index in [0.717, 1.165) is 18.6 Å². The molecule has 0 heterocycles. The molecule has 3 heteroatoms. The van der Waals surface area contributed by atoms with Crippen molar-refractivity contribution >= 4 is 5.97 Å². The Morgan fingerprint density at radius 2 is 1.88 bits per heavy atom. The van der Waals surface area contributed by atoms with Crippen molar-refractivity contribution < 1.29 is 14.3 Å². The number of methoxy groups -OCH3 is 1. The Morgan fingerprint density at radius 1 is 1.21 bits per heavy atom. The SMILES string of the molecule is CCC(=O)O[C@@H]1[C@@H](Cc2ccc(OC)cc2)[C@H]2CC[C@]1(C)C2(C)C. The minimum absolute atomic E-state index is 0.0285. The van der Waals surface area contributed by atoms with Crippen LogP contribution >= 0.6 is 0 Å². The zero-order chi connectivity index (χ0) is 17.5. The Balaban J connectivity index is 1.87. The average Bonchev–Trinajstić information content (AvgIpc) is 2.88. The van der Waals surface area contributed by atoms with E-state index >= 15 is 0 Å². The third-order valence-electron chi connectivity index (χ3n) is 7.08. The Bertz CT molecular complexity index is 604. The molecule has 1 aromatic rings. The van der Waals surface area contributed by atoms with Crippen molar-refractivity contribution in [2.75, 3.05) is 7.11 Å². The quantitative estimate of drug-likeness (QED) is 0.738. The molecule has 2 fully saturated rings. The van der Waals surface area contributed by atoms with E-state index in [-0.39, 0.29) is 22.9 Å². The van der Waals surface area contributed by atoms with Gasteiger partial charge in [0.05, 0.1) is 7.11 Å². The number of rotatable bonds is 5. The first-order chi connectivity index (χ1) is 11.3. The monoisotopic (exact) mass is 330 g/mol. The number of carbonyl (C=O) groups is 1. The second-order valence-electron chi connectivity index (χ2n) is 8.26. The van der Waals surface area contributed by atoms with Gasteiger partial charge in [0.25, 0.3) is 0 Å². The van der Waals surface area contributed by atoms with Gasteiger partial charge in [0, 0.05) is 17.8 Å². The minimum Gasteiger partial charge on any atom is -0.497 e. The van der Waals surface area contributed by atoms with Crippen molar-refractivity contribution in [3.05, 3.63) is 29.8 Å². The fourth-order valence-electron chi connectivity index (χ4n) is 5.23. The topological polar surface area (TPSA) is 35.5 Å². The third kappa shape index (κ3) is 2.53. The normalized spacial score (nSPS) is 33.5. The fourth-order valence-corrected chi connectivity index (χ4v) is 5.23. The second-order valence-corrected chi connectivity index (χ2v) is 8.26. The van der Waals surface area contributed by atoms with Crippen molar-refractivity contribution in [2.24, 2.45) is 22.7 Å². The molecule has 132 valence electrons. The molecule has 2 aliphatic carbocycles. The van der Waals surface area contributed by atoms with Gasteiger partial charge < -0.3 is 9.47 Å². The average molecular weight is 330 g/mol. The minimum atomic E-state index is -0.0655. The van der Waals surface area contributed by atoms with Gasteiger partial charge in [-0.3, -0.25) is 4.79 Å². The molecule has 4 atom stereocenters. The van der Waals surface area contributed by atoms with Crippen LogP contribution in [-0.2, 0) is 16.0 Å². The molecule has 0 aliphatic heterocycles. The molecule has 2 saturated carbocycles. The van der Waals surface area contributed by atoms with E-state index in [1.807, 2.05) is 19.1 Å². The van der Waals surface area contributed by atoms with E-state index in [0.29, 0.717) is 18.3 Å².